The van der Waals surface area contributed by atoms with Gasteiger partial charge in [-0.25, -0.2) is 4.79 Å². The van der Waals surface area contributed by atoms with Gasteiger partial charge in [0.25, 0.3) is 0 Å². The molecule has 0 aliphatic carbocycles. The summed E-state index contributed by atoms with van der Waals surface area (Å²) in [7, 11) is 0. The van der Waals surface area contributed by atoms with Gasteiger partial charge in [-0.2, -0.15) is 0 Å². The fourth-order valence-corrected chi connectivity index (χ4v) is 2.62. The lowest BCUT2D eigenvalue weighted by Crippen LogP contribution is -2.40. The van der Waals surface area contributed by atoms with Crippen LogP contribution in [0.3, 0.4) is 0 Å². The SMILES string of the molecule is O=C(O)[C@@H]1CCCN1C(=O)CCOC1CCOCC1. The highest BCUT2D eigenvalue weighted by molar-refractivity contribution is 5.84. The summed E-state index contributed by atoms with van der Waals surface area (Å²) in [6.45, 7) is 2.34. The Kier molecular flexibility index (Phi) is 5.15. The van der Waals surface area contributed by atoms with Crippen molar-refractivity contribution in [3.05, 3.63) is 0 Å². The molecule has 0 saturated carbocycles. The first-order valence-electron chi connectivity index (χ1n) is 6.90. The Morgan fingerprint density at radius 3 is 2.68 bits per heavy atom. The smallest absolute Gasteiger partial charge is 0.326 e. The van der Waals surface area contributed by atoms with Crippen molar-refractivity contribution in [1.82, 2.24) is 4.90 Å². The van der Waals surface area contributed by atoms with Crippen molar-refractivity contribution in [2.45, 2.75) is 44.2 Å². The minimum Gasteiger partial charge on any atom is -0.480 e. The normalized spacial score (nSPS) is 24.6. The minimum absolute atomic E-state index is 0.114. The molecule has 0 spiro atoms. The summed E-state index contributed by atoms with van der Waals surface area (Å²) in [5.41, 5.74) is 0. The van der Waals surface area contributed by atoms with Crippen molar-refractivity contribution in [2.75, 3.05) is 26.4 Å². The highest BCUT2D eigenvalue weighted by atomic mass is 16.5. The molecular formula is C13H21NO5. The van der Waals surface area contributed by atoms with E-state index in [0.29, 0.717) is 32.8 Å². The van der Waals surface area contributed by atoms with E-state index in [0.717, 1.165) is 19.3 Å². The number of carboxylic acid groups (broad SMARTS) is 1. The van der Waals surface area contributed by atoms with Gasteiger partial charge >= 0.3 is 5.97 Å². The topological polar surface area (TPSA) is 76.1 Å². The maximum Gasteiger partial charge on any atom is 0.326 e. The van der Waals surface area contributed by atoms with E-state index in [1.54, 1.807) is 0 Å². The Labute approximate surface area is 112 Å². The van der Waals surface area contributed by atoms with Crippen LogP contribution in [-0.2, 0) is 19.1 Å². The lowest BCUT2D eigenvalue weighted by molar-refractivity contribution is -0.149. The number of carbonyl (C=O) groups excluding carboxylic acids is 1. The zero-order valence-corrected chi connectivity index (χ0v) is 11.0. The van der Waals surface area contributed by atoms with E-state index in [-0.39, 0.29) is 18.4 Å². The monoisotopic (exact) mass is 271 g/mol. The summed E-state index contributed by atoms with van der Waals surface area (Å²) in [5, 5.41) is 9.02. The van der Waals surface area contributed by atoms with E-state index >= 15 is 0 Å². The molecule has 2 aliphatic rings. The standard InChI is InChI=1S/C13H21NO5/c15-12(14-6-1-2-11(14)13(16)17)5-9-19-10-3-7-18-8-4-10/h10-11H,1-9H2,(H,16,17)/t11-/m0/s1. The number of aliphatic carboxylic acids is 1. The van der Waals surface area contributed by atoms with Crippen LogP contribution in [-0.4, -0.2) is 60.4 Å². The number of amides is 1. The Balaban J connectivity index is 1.70. The molecule has 1 atom stereocenters. The average molecular weight is 271 g/mol. The van der Waals surface area contributed by atoms with Gasteiger partial charge in [-0.15, -0.1) is 0 Å². The van der Waals surface area contributed by atoms with Gasteiger partial charge in [0.1, 0.15) is 6.04 Å². The van der Waals surface area contributed by atoms with Crippen molar-refractivity contribution in [3.8, 4) is 0 Å². The molecule has 2 aliphatic heterocycles. The van der Waals surface area contributed by atoms with Crippen LogP contribution in [0.4, 0.5) is 0 Å². The second-order valence-corrected chi connectivity index (χ2v) is 5.02. The molecule has 1 amide bonds. The third kappa shape index (κ3) is 3.91. The maximum absolute atomic E-state index is 12.0. The zero-order chi connectivity index (χ0) is 13.7. The van der Waals surface area contributed by atoms with Crippen LogP contribution in [0, 0.1) is 0 Å². The first-order valence-corrected chi connectivity index (χ1v) is 6.90. The number of hydrogen-bond acceptors (Lipinski definition) is 4. The van der Waals surface area contributed by atoms with Crippen molar-refractivity contribution < 1.29 is 24.2 Å². The molecule has 0 bridgehead atoms. The number of nitrogens with zero attached hydrogens (tertiary/aromatic N) is 1. The summed E-state index contributed by atoms with van der Waals surface area (Å²) >= 11 is 0. The highest BCUT2D eigenvalue weighted by Gasteiger charge is 2.33. The predicted octanol–water partition coefficient (Wildman–Crippen LogP) is 0.648. The average Bonchev–Trinajstić information content (AvgIpc) is 2.89. The lowest BCUT2D eigenvalue weighted by Gasteiger charge is -2.24. The van der Waals surface area contributed by atoms with Gasteiger partial charge in [0, 0.05) is 19.8 Å². The molecule has 0 aromatic carbocycles. The molecule has 19 heavy (non-hydrogen) atoms. The number of likely N-dealkylation sites (tertiary alicyclic amines) is 1. The van der Waals surface area contributed by atoms with Gasteiger partial charge in [-0.1, -0.05) is 0 Å². The molecular weight excluding hydrogens is 250 g/mol. The molecule has 2 heterocycles. The quantitative estimate of drug-likeness (QED) is 0.794. The van der Waals surface area contributed by atoms with Crippen LogP contribution in [0.25, 0.3) is 0 Å². The van der Waals surface area contributed by atoms with E-state index in [4.69, 9.17) is 14.6 Å². The maximum atomic E-state index is 12.0. The summed E-state index contributed by atoms with van der Waals surface area (Å²) in [4.78, 5) is 24.4. The van der Waals surface area contributed by atoms with E-state index in [1.807, 2.05) is 0 Å². The molecule has 0 aromatic heterocycles. The van der Waals surface area contributed by atoms with E-state index in [2.05, 4.69) is 0 Å². The van der Waals surface area contributed by atoms with Crippen LogP contribution >= 0.6 is 0 Å². The third-order valence-electron chi connectivity index (χ3n) is 3.70. The van der Waals surface area contributed by atoms with E-state index in [9.17, 15) is 9.59 Å². The molecule has 6 nitrogen and oxygen atoms in total. The number of rotatable bonds is 5. The first kappa shape index (κ1) is 14.3. The highest BCUT2D eigenvalue weighted by Crippen LogP contribution is 2.18. The molecule has 108 valence electrons. The van der Waals surface area contributed by atoms with Gasteiger partial charge in [-0.3, -0.25) is 4.79 Å². The van der Waals surface area contributed by atoms with Crippen molar-refractivity contribution in [1.29, 1.82) is 0 Å². The Hall–Kier alpha value is -1.14. The zero-order valence-electron chi connectivity index (χ0n) is 11.0. The number of carboxylic acids is 1. The Morgan fingerprint density at radius 2 is 2.00 bits per heavy atom. The molecule has 0 unspecified atom stereocenters. The number of hydrogen-bond donors (Lipinski definition) is 1. The van der Waals surface area contributed by atoms with E-state index < -0.39 is 12.0 Å². The predicted molar refractivity (Wildman–Crippen MR) is 66.8 cm³/mol. The fraction of sp³-hybridized carbons (Fsp3) is 0.846. The molecule has 2 saturated heterocycles. The second kappa shape index (κ2) is 6.86. The van der Waals surface area contributed by atoms with Crippen molar-refractivity contribution in [3.63, 3.8) is 0 Å². The molecule has 0 radical (unpaired) electrons. The summed E-state index contributed by atoms with van der Waals surface area (Å²) in [6.07, 6.45) is 3.51. The number of ether oxygens (including phenoxy) is 2. The molecule has 1 N–H and O–H groups in total. The Morgan fingerprint density at radius 1 is 1.26 bits per heavy atom. The second-order valence-electron chi connectivity index (χ2n) is 5.02. The number of carbonyl (C=O) groups is 2. The van der Waals surface area contributed by atoms with Crippen LogP contribution in [0.2, 0.25) is 0 Å². The largest absolute Gasteiger partial charge is 0.480 e. The molecule has 6 heteroatoms. The van der Waals surface area contributed by atoms with Gasteiger partial charge in [0.15, 0.2) is 0 Å². The first-order chi connectivity index (χ1) is 9.18. The molecule has 2 fully saturated rings. The third-order valence-corrected chi connectivity index (χ3v) is 3.70. The van der Waals surface area contributed by atoms with Crippen LogP contribution in [0.15, 0.2) is 0 Å². The minimum atomic E-state index is -0.906. The van der Waals surface area contributed by atoms with Crippen LogP contribution < -0.4 is 0 Å². The van der Waals surface area contributed by atoms with E-state index in [1.165, 1.54) is 4.90 Å². The van der Waals surface area contributed by atoms with Gasteiger partial charge in [-0.05, 0) is 25.7 Å². The van der Waals surface area contributed by atoms with Crippen molar-refractivity contribution in [2.24, 2.45) is 0 Å². The van der Waals surface area contributed by atoms with Gasteiger partial charge in [0.2, 0.25) is 5.91 Å². The summed E-state index contributed by atoms with van der Waals surface area (Å²) < 4.78 is 10.9. The van der Waals surface area contributed by atoms with Crippen molar-refractivity contribution >= 4 is 11.9 Å². The molecule has 2 rings (SSSR count). The van der Waals surface area contributed by atoms with Crippen LogP contribution in [0.1, 0.15) is 32.1 Å². The van der Waals surface area contributed by atoms with Crippen LogP contribution in [0.5, 0.6) is 0 Å². The Bertz CT molecular complexity index is 327. The lowest BCUT2D eigenvalue weighted by atomic mass is 10.1. The summed E-state index contributed by atoms with van der Waals surface area (Å²) in [5.74, 6) is -1.02. The van der Waals surface area contributed by atoms with Gasteiger partial charge in [0.05, 0.1) is 19.1 Å². The fourth-order valence-electron chi connectivity index (χ4n) is 2.62. The summed E-state index contributed by atoms with van der Waals surface area (Å²) in [6, 6.07) is -0.643. The van der Waals surface area contributed by atoms with Gasteiger partial charge < -0.3 is 19.5 Å². The molecule has 0 aromatic rings.